The van der Waals surface area contributed by atoms with Crippen LogP contribution in [0.15, 0.2) is 42.0 Å². The predicted octanol–water partition coefficient (Wildman–Crippen LogP) is 3.66. The van der Waals surface area contributed by atoms with Crippen molar-refractivity contribution < 1.29 is 19.4 Å². The molecular weight excluding hydrogens is 330 g/mol. The van der Waals surface area contributed by atoms with Gasteiger partial charge >= 0.3 is 6.09 Å². The fraction of sp³-hybridized carbons (Fsp3) is 0.571. The highest BCUT2D eigenvalue weighted by molar-refractivity contribution is 5.69. The Morgan fingerprint density at radius 1 is 1.27 bits per heavy atom. The molecule has 3 rings (SSSR count). The molecule has 0 aromatic heterocycles. The topological polar surface area (TPSA) is 59.0 Å². The Hall–Kier alpha value is -1.85. The van der Waals surface area contributed by atoms with E-state index < -0.39 is 5.60 Å². The Labute approximate surface area is 155 Å². The van der Waals surface area contributed by atoms with E-state index in [0.717, 1.165) is 18.4 Å². The van der Waals surface area contributed by atoms with Gasteiger partial charge in [-0.05, 0) is 45.1 Å². The van der Waals surface area contributed by atoms with Crippen molar-refractivity contribution in [2.75, 3.05) is 13.2 Å². The number of benzene rings is 1. The number of carbonyl (C=O) groups is 1. The molecule has 0 spiro atoms. The highest BCUT2D eigenvalue weighted by Crippen LogP contribution is 2.37. The van der Waals surface area contributed by atoms with Crippen LogP contribution in [0.4, 0.5) is 4.79 Å². The second-order valence-corrected chi connectivity index (χ2v) is 7.75. The Kier molecular flexibility index (Phi) is 5.99. The maximum atomic E-state index is 12.7. The summed E-state index contributed by atoms with van der Waals surface area (Å²) in [5, 5.41) is 11.0. The van der Waals surface area contributed by atoms with Gasteiger partial charge in [-0.25, -0.2) is 4.79 Å². The molecule has 26 heavy (non-hydrogen) atoms. The molecule has 1 amide bonds. The first-order valence-electron chi connectivity index (χ1n) is 9.39. The molecule has 142 valence electrons. The predicted molar refractivity (Wildman–Crippen MR) is 99.7 cm³/mol. The molecule has 2 fully saturated rings. The van der Waals surface area contributed by atoms with Crippen LogP contribution in [0.3, 0.4) is 0 Å². The molecule has 1 aromatic rings. The number of rotatable bonds is 5. The number of piperidine rings is 1. The van der Waals surface area contributed by atoms with Crippen molar-refractivity contribution in [2.45, 2.75) is 63.8 Å². The molecule has 2 saturated heterocycles. The minimum absolute atomic E-state index is 0.123. The number of morpholine rings is 1. The monoisotopic (exact) mass is 359 g/mol. The molecule has 0 aliphatic carbocycles. The van der Waals surface area contributed by atoms with Gasteiger partial charge in [0.05, 0.1) is 30.9 Å². The highest BCUT2D eigenvalue weighted by Gasteiger charge is 2.48. The number of carbonyl (C=O) groups excluding carboxylic acids is 1. The largest absolute Gasteiger partial charge is 0.445 e. The Balaban J connectivity index is 1.61. The van der Waals surface area contributed by atoms with Crippen LogP contribution in [0, 0.1) is 0 Å². The van der Waals surface area contributed by atoms with Crippen molar-refractivity contribution in [2.24, 2.45) is 0 Å². The van der Waals surface area contributed by atoms with Crippen LogP contribution in [-0.4, -0.2) is 47.0 Å². The third-order valence-electron chi connectivity index (χ3n) is 5.22. The van der Waals surface area contributed by atoms with Crippen molar-refractivity contribution in [3.63, 3.8) is 0 Å². The maximum Gasteiger partial charge on any atom is 0.410 e. The molecule has 0 saturated carbocycles. The van der Waals surface area contributed by atoms with Gasteiger partial charge in [-0.1, -0.05) is 42.0 Å². The number of amides is 1. The van der Waals surface area contributed by atoms with Crippen LogP contribution in [0.1, 0.15) is 45.1 Å². The molecule has 1 N–H and O–H groups in total. The maximum absolute atomic E-state index is 12.7. The molecule has 2 unspecified atom stereocenters. The Morgan fingerprint density at radius 3 is 2.54 bits per heavy atom. The summed E-state index contributed by atoms with van der Waals surface area (Å²) >= 11 is 0. The van der Waals surface area contributed by atoms with Crippen LogP contribution < -0.4 is 0 Å². The van der Waals surface area contributed by atoms with Gasteiger partial charge in [0.25, 0.3) is 0 Å². The zero-order valence-corrected chi connectivity index (χ0v) is 15.7. The summed E-state index contributed by atoms with van der Waals surface area (Å²) in [4.78, 5) is 14.4. The van der Waals surface area contributed by atoms with Crippen LogP contribution in [0.25, 0.3) is 0 Å². The highest BCUT2D eigenvalue weighted by atomic mass is 16.6. The summed E-state index contributed by atoms with van der Waals surface area (Å²) in [5.41, 5.74) is 1.50. The zero-order chi connectivity index (χ0) is 18.6. The fourth-order valence-electron chi connectivity index (χ4n) is 4.00. The van der Waals surface area contributed by atoms with Gasteiger partial charge in [-0.15, -0.1) is 0 Å². The first-order chi connectivity index (χ1) is 12.5. The van der Waals surface area contributed by atoms with E-state index in [4.69, 9.17) is 9.47 Å². The summed E-state index contributed by atoms with van der Waals surface area (Å²) in [6.07, 6.45) is 4.51. The molecular formula is C21H29NO4. The average Bonchev–Trinajstić information content (AvgIpc) is 2.59. The normalized spacial score (nSPS) is 27.7. The van der Waals surface area contributed by atoms with Gasteiger partial charge in [0, 0.05) is 0 Å². The van der Waals surface area contributed by atoms with E-state index >= 15 is 0 Å². The van der Waals surface area contributed by atoms with Crippen molar-refractivity contribution in [1.82, 2.24) is 4.90 Å². The van der Waals surface area contributed by atoms with Gasteiger partial charge in [0.1, 0.15) is 6.61 Å². The lowest BCUT2D eigenvalue weighted by atomic mass is 9.78. The quantitative estimate of drug-likeness (QED) is 0.815. The molecule has 5 heteroatoms. The average molecular weight is 359 g/mol. The molecule has 5 nitrogen and oxygen atoms in total. The summed E-state index contributed by atoms with van der Waals surface area (Å²) in [7, 11) is 0. The second-order valence-electron chi connectivity index (χ2n) is 7.75. The second kappa shape index (κ2) is 8.23. The van der Waals surface area contributed by atoms with Gasteiger partial charge in [0.2, 0.25) is 0 Å². The molecule has 2 aliphatic rings. The van der Waals surface area contributed by atoms with Gasteiger partial charge in [-0.2, -0.15) is 0 Å². The van der Waals surface area contributed by atoms with Crippen LogP contribution in [0.5, 0.6) is 0 Å². The lowest BCUT2D eigenvalue weighted by Gasteiger charge is -2.50. The number of hydrogen-bond donors (Lipinski definition) is 1. The van der Waals surface area contributed by atoms with E-state index in [1.54, 1.807) is 4.90 Å². The summed E-state index contributed by atoms with van der Waals surface area (Å²) < 4.78 is 11.2. The first kappa shape index (κ1) is 18.9. The minimum Gasteiger partial charge on any atom is -0.445 e. The molecule has 1 aromatic carbocycles. The number of aliphatic hydroxyl groups is 1. The molecule has 0 radical (unpaired) electrons. The van der Waals surface area contributed by atoms with Crippen LogP contribution in [-0.2, 0) is 16.1 Å². The van der Waals surface area contributed by atoms with Crippen LogP contribution in [0.2, 0.25) is 0 Å². The van der Waals surface area contributed by atoms with Gasteiger partial charge in [0.15, 0.2) is 0 Å². The van der Waals surface area contributed by atoms with Gasteiger partial charge < -0.3 is 14.6 Å². The third kappa shape index (κ3) is 4.65. The first-order valence-corrected chi connectivity index (χ1v) is 9.39. The SMILES string of the molecule is CC(C)=CCCC1(O)CC2COCC(C1)N2C(=O)OCc1ccccc1. The van der Waals surface area contributed by atoms with Gasteiger partial charge in [-0.3, -0.25) is 4.90 Å². The molecule has 2 heterocycles. The number of fused-ring (bicyclic) bond motifs is 2. The summed E-state index contributed by atoms with van der Waals surface area (Å²) in [6.45, 7) is 5.32. The van der Waals surface area contributed by atoms with E-state index in [2.05, 4.69) is 19.9 Å². The fourth-order valence-corrected chi connectivity index (χ4v) is 4.00. The lowest BCUT2D eigenvalue weighted by Crippen LogP contribution is -2.63. The Bertz CT molecular complexity index is 625. The number of hydrogen-bond acceptors (Lipinski definition) is 4. The van der Waals surface area contributed by atoms with E-state index in [1.807, 2.05) is 30.3 Å². The minimum atomic E-state index is -0.735. The number of allylic oxidation sites excluding steroid dienone is 2. The van der Waals surface area contributed by atoms with E-state index in [1.165, 1.54) is 5.57 Å². The van der Waals surface area contributed by atoms with Crippen molar-refractivity contribution in [1.29, 1.82) is 0 Å². The molecule has 2 aliphatic heterocycles. The van der Waals surface area contributed by atoms with Crippen molar-refractivity contribution in [3.8, 4) is 0 Å². The summed E-state index contributed by atoms with van der Waals surface area (Å²) in [5.74, 6) is 0. The van der Waals surface area contributed by atoms with Crippen molar-refractivity contribution >= 4 is 6.09 Å². The van der Waals surface area contributed by atoms with E-state index in [9.17, 15) is 9.90 Å². The molecule has 2 atom stereocenters. The number of ether oxygens (including phenoxy) is 2. The van der Waals surface area contributed by atoms with Crippen LogP contribution >= 0.6 is 0 Å². The van der Waals surface area contributed by atoms with E-state index in [0.29, 0.717) is 26.1 Å². The zero-order valence-electron chi connectivity index (χ0n) is 15.7. The van der Waals surface area contributed by atoms with E-state index in [-0.39, 0.29) is 24.8 Å². The Morgan fingerprint density at radius 2 is 1.92 bits per heavy atom. The lowest BCUT2D eigenvalue weighted by molar-refractivity contribution is -0.135. The smallest absolute Gasteiger partial charge is 0.410 e. The third-order valence-corrected chi connectivity index (χ3v) is 5.22. The molecule has 2 bridgehead atoms. The number of nitrogens with zero attached hydrogens (tertiary/aromatic N) is 1. The van der Waals surface area contributed by atoms with Crippen molar-refractivity contribution in [3.05, 3.63) is 47.5 Å². The summed E-state index contributed by atoms with van der Waals surface area (Å²) in [6, 6.07) is 9.43. The standard InChI is InChI=1S/C21H29NO4/c1-16(2)7-6-10-21(24)11-18-14-25-15-19(12-21)22(18)20(23)26-13-17-8-4-3-5-9-17/h3-5,7-9,18-19,24H,6,10-15H2,1-2H3.